The lowest BCUT2D eigenvalue weighted by Crippen LogP contribution is -2.29. The predicted octanol–water partition coefficient (Wildman–Crippen LogP) is 2.35. The highest BCUT2D eigenvalue weighted by Gasteiger charge is 2.25. The lowest BCUT2D eigenvalue weighted by Gasteiger charge is -2.26. The number of carbonyl (C=O) groups is 1. The van der Waals surface area contributed by atoms with Crippen LogP contribution in [0.5, 0.6) is 0 Å². The summed E-state index contributed by atoms with van der Waals surface area (Å²) in [5.74, 6) is 0.477. The Labute approximate surface area is 162 Å². The van der Waals surface area contributed by atoms with Gasteiger partial charge in [-0.3, -0.25) is 9.52 Å². The number of anilines is 2. The molecule has 1 saturated carbocycles. The molecule has 1 amide bonds. The summed E-state index contributed by atoms with van der Waals surface area (Å²) >= 11 is 1.16. The largest absolute Gasteiger partial charge is 0.330 e. The van der Waals surface area contributed by atoms with Crippen molar-refractivity contribution in [2.75, 3.05) is 16.6 Å². The second-order valence-corrected chi connectivity index (χ2v) is 9.56. The molecule has 3 rings (SSSR count). The lowest BCUT2D eigenvalue weighted by atomic mass is 9.81. The first-order chi connectivity index (χ1) is 12.9. The van der Waals surface area contributed by atoms with Gasteiger partial charge in [-0.15, -0.1) is 10.2 Å². The van der Waals surface area contributed by atoms with Crippen molar-refractivity contribution in [1.82, 2.24) is 10.2 Å². The van der Waals surface area contributed by atoms with Crippen molar-refractivity contribution in [3.8, 4) is 0 Å². The molecule has 0 spiro atoms. The molecule has 1 aromatic heterocycles. The van der Waals surface area contributed by atoms with Gasteiger partial charge in [0.1, 0.15) is 5.01 Å². The van der Waals surface area contributed by atoms with Gasteiger partial charge in [-0.05, 0) is 69.3 Å². The number of sulfonamides is 1. The number of nitrogens with zero attached hydrogens (tertiary/aromatic N) is 2. The van der Waals surface area contributed by atoms with E-state index < -0.39 is 10.0 Å². The first kappa shape index (κ1) is 19.7. The van der Waals surface area contributed by atoms with Gasteiger partial charge in [-0.2, -0.15) is 0 Å². The standard InChI is InChI=1S/C17H23N5O3S2/c1-11-20-21-17(26-11)22-27(24,25)15-8-6-14(7-9-15)19-16(23)13-4-2-12(10-18)3-5-13/h6-9,12-13H,2-5,10,18H2,1H3,(H,19,23)(H,21,22). The molecule has 8 nitrogen and oxygen atoms in total. The van der Waals surface area contributed by atoms with Gasteiger partial charge in [-0.25, -0.2) is 8.42 Å². The summed E-state index contributed by atoms with van der Waals surface area (Å²) in [5, 5.41) is 11.3. The molecule has 1 aliphatic rings. The summed E-state index contributed by atoms with van der Waals surface area (Å²) in [7, 11) is -3.74. The maximum absolute atomic E-state index is 12.4. The van der Waals surface area contributed by atoms with Gasteiger partial charge >= 0.3 is 0 Å². The third kappa shape index (κ3) is 5.02. The summed E-state index contributed by atoms with van der Waals surface area (Å²) in [4.78, 5) is 12.5. The fourth-order valence-electron chi connectivity index (χ4n) is 3.13. The number of hydrogen-bond acceptors (Lipinski definition) is 7. The van der Waals surface area contributed by atoms with Crippen LogP contribution in [0.3, 0.4) is 0 Å². The van der Waals surface area contributed by atoms with Crippen LogP contribution in [-0.4, -0.2) is 31.1 Å². The zero-order valence-corrected chi connectivity index (χ0v) is 16.6. The third-order valence-electron chi connectivity index (χ3n) is 4.73. The molecule has 1 aromatic carbocycles. The van der Waals surface area contributed by atoms with Crippen LogP contribution in [0.15, 0.2) is 29.2 Å². The number of benzene rings is 1. The molecule has 0 unspecified atom stereocenters. The normalized spacial score (nSPS) is 20.2. The van der Waals surface area contributed by atoms with Crippen molar-refractivity contribution in [3.63, 3.8) is 0 Å². The number of aromatic nitrogens is 2. The smallest absolute Gasteiger partial charge is 0.263 e. The molecule has 0 aliphatic heterocycles. The van der Waals surface area contributed by atoms with E-state index in [2.05, 4.69) is 20.2 Å². The van der Waals surface area contributed by atoms with Crippen LogP contribution in [0.1, 0.15) is 30.7 Å². The molecule has 27 heavy (non-hydrogen) atoms. The molecular formula is C17H23N5O3S2. The molecule has 0 atom stereocenters. The molecule has 146 valence electrons. The molecule has 1 fully saturated rings. The van der Waals surface area contributed by atoms with Crippen LogP contribution in [0, 0.1) is 18.8 Å². The van der Waals surface area contributed by atoms with Crippen LogP contribution >= 0.6 is 11.3 Å². The van der Waals surface area contributed by atoms with Crippen molar-refractivity contribution in [2.45, 2.75) is 37.5 Å². The van der Waals surface area contributed by atoms with Crippen molar-refractivity contribution in [3.05, 3.63) is 29.3 Å². The number of amides is 1. The Balaban J connectivity index is 1.60. The maximum Gasteiger partial charge on any atom is 0.263 e. The molecule has 4 N–H and O–H groups in total. The van der Waals surface area contributed by atoms with Gasteiger partial charge in [0, 0.05) is 11.6 Å². The van der Waals surface area contributed by atoms with Crippen molar-refractivity contribution in [1.29, 1.82) is 0 Å². The highest BCUT2D eigenvalue weighted by Crippen LogP contribution is 2.29. The zero-order chi connectivity index (χ0) is 19.4. The van der Waals surface area contributed by atoms with Crippen LogP contribution in [0.25, 0.3) is 0 Å². The fourth-order valence-corrected chi connectivity index (χ4v) is 4.96. The summed E-state index contributed by atoms with van der Waals surface area (Å²) in [5.41, 5.74) is 6.26. The molecule has 2 aromatic rings. The van der Waals surface area contributed by atoms with E-state index in [-0.39, 0.29) is 21.9 Å². The van der Waals surface area contributed by atoms with Gasteiger partial charge in [0.05, 0.1) is 4.90 Å². The minimum Gasteiger partial charge on any atom is -0.330 e. The van der Waals surface area contributed by atoms with Crippen molar-refractivity contribution >= 4 is 38.1 Å². The van der Waals surface area contributed by atoms with E-state index in [0.29, 0.717) is 23.2 Å². The van der Waals surface area contributed by atoms with Crippen LogP contribution in [-0.2, 0) is 14.8 Å². The number of rotatable bonds is 6. The van der Waals surface area contributed by atoms with Crippen LogP contribution in [0.2, 0.25) is 0 Å². The minimum atomic E-state index is -3.74. The highest BCUT2D eigenvalue weighted by atomic mass is 32.2. The fraction of sp³-hybridized carbons (Fsp3) is 0.471. The molecule has 1 heterocycles. The summed E-state index contributed by atoms with van der Waals surface area (Å²) in [6.07, 6.45) is 3.63. The quantitative estimate of drug-likeness (QED) is 0.672. The Bertz CT molecular complexity index is 888. The van der Waals surface area contributed by atoms with E-state index in [1.54, 1.807) is 19.1 Å². The van der Waals surface area contributed by atoms with Gasteiger partial charge in [0.25, 0.3) is 10.0 Å². The van der Waals surface area contributed by atoms with Crippen LogP contribution in [0.4, 0.5) is 10.8 Å². The van der Waals surface area contributed by atoms with E-state index in [1.807, 2.05) is 0 Å². The van der Waals surface area contributed by atoms with E-state index in [9.17, 15) is 13.2 Å². The molecule has 1 aliphatic carbocycles. The summed E-state index contributed by atoms with van der Waals surface area (Å²) in [6.45, 7) is 2.42. The van der Waals surface area contributed by atoms with Crippen molar-refractivity contribution in [2.24, 2.45) is 17.6 Å². The Hall–Kier alpha value is -2.04. The molecule has 0 saturated heterocycles. The second kappa shape index (κ2) is 8.32. The number of carbonyl (C=O) groups excluding carboxylic acids is 1. The van der Waals surface area contributed by atoms with Crippen molar-refractivity contribution < 1.29 is 13.2 Å². The van der Waals surface area contributed by atoms with Gasteiger partial charge in [0.2, 0.25) is 11.0 Å². The first-order valence-electron chi connectivity index (χ1n) is 8.81. The van der Waals surface area contributed by atoms with E-state index in [0.717, 1.165) is 37.0 Å². The number of nitrogens with two attached hydrogens (primary N) is 1. The molecular weight excluding hydrogens is 386 g/mol. The zero-order valence-electron chi connectivity index (χ0n) is 15.0. The Morgan fingerprint density at radius 2 is 1.85 bits per heavy atom. The Morgan fingerprint density at radius 1 is 1.19 bits per heavy atom. The lowest BCUT2D eigenvalue weighted by molar-refractivity contribution is -0.121. The van der Waals surface area contributed by atoms with Gasteiger partial charge < -0.3 is 11.1 Å². The number of aryl methyl sites for hydroxylation is 1. The SMILES string of the molecule is Cc1nnc(NS(=O)(=O)c2ccc(NC(=O)C3CCC(CN)CC3)cc2)s1. The third-order valence-corrected chi connectivity index (χ3v) is 6.97. The second-order valence-electron chi connectivity index (χ2n) is 6.70. The average Bonchev–Trinajstić information content (AvgIpc) is 3.06. The van der Waals surface area contributed by atoms with Gasteiger partial charge in [-0.1, -0.05) is 11.3 Å². The summed E-state index contributed by atoms with van der Waals surface area (Å²) < 4.78 is 27.2. The van der Waals surface area contributed by atoms with Crippen LogP contribution < -0.4 is 15.8 Å². The van der Waals surface area contributed by atoms with E-state index >= 15 is 0 Å². The Morgan fingerprint density at radius 3 is 2.41 bits per heavy atom. The first-order valence-corrected chi connectivity index (χ1v) is 11.1. The summed E-state index contributed by atoms with van der Waals surface area (Å²) in [6, 6.07) is 6.08. The number of hydrogen-bond donors (Lipinski definition) is 3. The minimum absolute atomic E-state index is 0.0153. The topological polar surface area (TPSA) is 127 Å². The Kier molecular flexibility index (Phi) is 6.08. The molecule has 0 radical (unpaired) electrons. The monoisotopic (exact) mass is 409 g/mol. The van der Waals surface area contributed by atoms with Gasteiger partial charge in [0.15, 0.2) is 0 Å². The molecule has 0 bridgehead atoms. The predicted molar refractivity (Wildman–Crippen MR) is 105 cm³/mol. The van der Waals surface area contributed by atoms with E-state index in [1.165, 1.54) is 12.1 Å². The molecule has 10 heteroatoms. The maximum atomic E-state index is 12.4. The van der Waals surface area contributed by atoms with E-state index in [4.69, 9.17) is 5.73 Å². The highest BCUT2D eigenvalue weighted by molar-refractivity contribution is 7.93. The number of nitrogens with one attached hydrogen (secondary N) is 2. The average molecular weight is 410 g/mol.